The molecule has 0 fully saturated rings. The summed E-state index contributed by atoms with van der Waals surface area (Å²) in [6.07, 6.45) is -0.00102. The largest absolute Gasteiger partial charge is 0.466 e. The number of nitriles is 1. The Morgan fingerprint density at radius 2 is 2.29 bits per heavy atom. The van der Waals surface area contributed by atoms with Crippen LogP contribution < -0.4 is 0 Å². The highest BCUT2D eigenvalue weighted by Crippen LogP contribution is 2.21. The maximum absolute atomic E-state index is 11.4. The summed E-state index contributed by atoms with van der Waals surface area (Å²) < 4.78 is 4.81. The molecule has 0 heterocycles. The van der Waals surface area contributed by atoms with Gasteiger partial charge in [-0.25, -0.2) is 0 Å². The van der Waals surface area contributed by atoms with E-state index in [1.54, 1.807) is 13.0 Å². The lowest BCUT2D eigenvalue weighted by Crippen LogP contribution is -2.10. The number of hydrogen-bond acceptors (Lipinski definition) is 4. The van der Waals surface area contributed by atoms with Gasteiger partial charge < -0.3 is 9.84 Å². The summed E-state index contributed by atoms with van der Waals surface area (Å²) in [5.41, 5.74) is 1.22. The molecule has 5 heteroatoms. The van der Waals surface area contributed by atoms with Gasteiger partial charge >= 0.3 is 5.97 Å². The molecule has 0 bridgehead atoms. The third-order valence-electron chi connectivity index (χ3n) is 2.23. The van der Waals surface area contributed by atoms with Crippen LogP contribution in [0.2, 0.25) is 5.02 Å². The van der Waals surface area contributed by atoms with Crippen molar-refractivity contribution in [1.29, 1.82) is 5.26 Å². The topological polar surface area (TPSA) is 70.3 Å². The quantitative estimate of drug-likeness (QED) is 0.831. The van der Waals surface area contributed by atoms with Crippen LogP contribution in [0.5, 0.6) is 0 Å². The molecule has 0 aliphatic rings. The van der Waals surface area contributed by atoms with E-state index in [9.17, 15) is 9.90 Å². The third-order valence-corrected chi connectivity index (χ3v) is 2.44. The highest BCUT2D eigenvalue weighted by atomic mass is 35.5. The number of hydrogen-bond donors (Lipinski definition) is 1. The van der Waals surface area contributed by atoms with Crippen molar-refractivity contribution in [2.45, 2.75) is 20.0 Å². The first-order chi connectivity index (χ1) is 8.12. The van der Waals surface area contributed by atoms with Crippen LogP contribution in [-0.4, -0.2) is 17.7 Å². The Morgan fingerprint density at radius 1 is 1.59 bits per heavy atom. The fourth-order valence-electron chi connectivity index (χ4n) is 1.50. The van der Waals surface area contributed by atoms with E-state index in [-0.39, 0.29) is 18.6 Å². The van der Waals surface area contributed by atoms with Crippen LogP contribution >= 0.6 is 11.6 Å². The van der Waals surface area contributed by atoms with Gasteiger partial charge in [-0.3, -0.25) is 4.79 Å². The van der Waals surface area contributed by atoms with Crippen molar-refractivity contribution >= 4 is 17.6 Å². The van der Waals surface area contributed by atoms with Gasteiger partial charge in [0.25, 0.3) is 0 Å². The maximum Gasteiger partial charge on any atom is 0.310 e. The van der Waals surface area contributed by atoms with Crippen molar-refractivity contribution in [1.82, 2.24) is 0 Å². The van der Waals surface area contributed by atoms with E-state index in [1.165, 1.54) is 6.07 Å². The van der Waals surface area contributed by atoms with Gasteiger partial charge in [-0.15, -0.1) is 0 Å². The Hall–Kier alpha value is -1.57. The summed E-state index contributed by atoms with van der Waals surface area (Å²) in [6.45, 7) is 1.69. The molecule has 1 aromatic carbocycles. The van der Waals surface area contributed by atoms with Crippen LogP contribution in [0.1, 0.15) is 23.6 Å². The van der Waals surface area contributed by atoms with Crippen molar-refractivity contribution in [3.8, 4) is 6.07 Å². The zero-order valence-corrected chi connectivity index (χ0v) is 10.1. The van der Waals surface area contributed by atoms with Crippen molar-refractivity contribution in [3.05, 3.63) is 33.8 Å². The normalized spacial score (nSPS) is 9.76. The number of rotatable bonds is 4. The fourth-order valence-corrected chi connectivity index (χ4v) is 1.75. The van der Waals surface area contributed by atoms with Crippen molar-refractivity contribution < 1.29 is 14.6 Å². The Morgan fingerprint density at radius 3 is 2.82 bits per heavy atom. The summed E-state index contributed by atoms with van der Waals surface area (Å²) in [5.74, 6) is -0.409. The number of nitrogens with zero attached hydrogens (tertiary/aromatic N) is 1. The number of esters is 1. The minimum absolute atomic E-state index is 0.00102. The van der Waals surface area contributed by atoms with Gasteiger partial charge in [0.2, 0.25) is 0 Å². The molecule has 90 valence electrons. The number of ether oxygens (including phenoxy) is 1. The molecule has 4 nitrogen and oxygen atoms in total. The first kappa shape index (κ1) is 13.5. The number of benzene rings is 1. The number of carbonyl (C=O) groups excluding carboxylic acids is 1. The van der Waals surface area contributed by atoms with Gasteiger partial charge in [0, 0.05) is 5.02 Å². The number of aliphatic hydroxyl groups excluding tert-OH is 1. The molecule has 1 aromatic rings. The van der Waals surface area contributed by atoms with Gasteiger partial charge in [0.15, 0.2) is 0 Å². The zero-order chi connectivity index (χ0) is 12.8. The second-order valence-electron chi connectivity index (χ2n) is 3.34. The molecule has 0 atom stereocenters. The van der Waals surface area contributed by atoms with E-state index < -0.39 is 5.97 Å². The molecular weight excluding hydrogens is 242 g/mol. The highest BCUT2D eigenvalue weighted by molar-refractivity contribution is 6.30. The Labute approximate surface area is 104 Å². The van der Waals surface area contributed by atoms with Gasteiger partial charge in [-0.2, -0.15) is 5.26 Å². The third kappa shape index (κ3) is 3.45. The predicted octanol–water partition coefficient (Wildman–Crippen LogP) is 1.81. The second kappa shape index (κ2) is 6.24. The number of halogens is 1. The maximum atomic E-state index is 11.4. The second-order valence-corrected chi connectivity index (χ2v) is 3.78. The first-order valence-corrected chi connectivity index (χ1v) is 5.48. The van der Waals surface area contributed by atoms with Gasteiger partial charge in [0.1, 0.15) is 0 Å². The average Bonchev–Trinajstić information content (AvgIpc) is 2.28. The fraction of sp³-hybridized carbons (Fsp3) is 0.333. The lowest BCUT2D eigenvalue weighted by Gasteiger charge is -2.09. The first-order valence-electron chi connectivity index (χ1n) is 5.10. The van der Waals surface area contributed by atoms with Crippen LogP contribution in [0.3, 0.4) is 0 Å². The van der Waals surface area contributed by atoms with Gasteiger partial charge in [0.05, 0.1) is 31.3 Å². The molecule has 0 saturated carbocycles. The minimum atomic E-state index is -0.409. The monoisotopic (exact) mass is 253 g/mol. The number of aliphatic hydroxyl groups is 1. The predicted molar refractivity (Wildman–Crippen MR) is 62.4 cm³/mol. The Kier molecular flexibility index (Phi) is 4.95. The summed E-state index contributed by atoms with van der Waals surface area (Å²) >= 11 is 5.83. The zero-order valence-electron chi connectivity index (χ0n) is 9.36. The molecule has 17 heavy (non-hydrogen) atoms. The molecule has 1 N–H and O–H groups in total. The van der Waals surface area contributed by atoms with Crippen molar-refractivity contribution in [2.75, 3.05) is 6.61 Å². The molecule has 0 saturated heterocycles. The minimum Gasteiger partial charge on any atom is -0.466 e. The van der Waals surface area contributed by atoms with E-state index in [1.807, 2.05) is 6.07 Å². The van der Waals surface area contributed by atoms with E-state index in [0.29, 0.717) is 22.8 Å². The van der Waals surface area contributed by atoms with E-state index in [2.05, 4.69) is 0 Å². The summed E-state index contributed by atoms with van der Waals surface area (Å²) in [6, 6.07) is 4.96. The van der Waals surface area contributed by atoms with E-state index in [0.717, 1.165) is 0 Å². The van der Waals surface area contributed by atoms with E-state index in [4.69, 9.17) is 21.6 Å². The highest BCUT2D eigenvalue weighted by Gasteiger charge is 2.13. The van der Waals surface area contributed by atoms with Gasteiger partial charge in [-0.05, 0) is 30.2 Å². The summed E-state index contributed by atoms with van der Waals surface area (Å²) in [5, 5.41) is 18.5. The Balaban J connectivity index is 3.10. The molecule has 0 amide bonds. The summed E-state index contributed by atoms with van der Waals surface area (Å²) in [7, 11) is 0. The number of carbonyl (C=O) groups is 1. The average molecular weight is 254 g/mol. The van der Waals surface area contributed by atoms with Crippen molar-refractivity contribution in [2.24, 2.45) is 0 Å². The van der Waals surface area contributed by atoms with Crippen LogP contribution in [0, 0.1) is 11.3 Å². The summed E-state index contributed by atoms with van der Waals surface area (Å²) in [4.78, 5) is 11.4. The molecule has 1 rings (SSSR count). The standard InChI is InChI=1S/C12H12ClNO3/c1-2-17-12(16)5-8-3-10(13)4-9(6-14)11(8)7-15/h3-4,15H,2,5,7H2,1H3. The molecular formula is C12H12ClNO3. The molecule has 0 aromatic heterocycles. The van der Waals surface area contributed by atoms with Crippen LogP contribution in [0.15, 0.2) is 12.1 Å². The lowest BCUT2D eigenvalue weighted by molar-refractivity contribution is -0.142. The van der Waals surface area contributed by atoms with Crippen LogP contribution in [0.25, 0.3) is 0 Å². The Bertz CT molecular complexity index is 466. The molecule has 0 spiro atoms. The molecule has 0 aliphatic heterocycles. The van der Waals surface area contributed by atoms with Gasteiger partial charge in [-0.1, -0.05) is 11.6 Å². The lowest BCUT2D eigenvalue weighted by atomic mass is 10.00. The van der Waals surface area contributed by atoms with E-state index >= 15 is 0 Å². The van der Waals surface area contributed by atoms with Crippen LogP contribution in [-0.2, 0) is 22.6 Å². The smallest absolute Gasteiger partial charge is 0.310 e. The molecule has 0 radical (unpaired) electrons. The molecule has 0 aliphatic carbocycles. The SMILES string of the molecule is CCOC(=O)Cc1cc(Cl)cc(C#N)c1CO. The van der Waals surface area contributed by atoms with Crippen molar-refractivity contribution in [3.63, 3.8) is 0 Å². The molecule has 0 unspecified atom stereocenters. The van der Waals surface area contributed by atoms with Crippen LogP contribution in [0.4, 0.5) is 0 Å².